The molecule has 1 fully saturated rings. The van der Waals surface area contributed by atoms with Crippen molar-refractivity contribution in [2.75, 3.05) is 4.90 Å². The van der Waals surface area contributed by atoms with E-state index in [4.69, 9.17) is 4.74 Å². The maximum atomic E-state index is 13.7. The van der Waals surface area contributed by atoms with Gasteiger partial charge in [-0.3, -0.25) is 0 Å². The van der Waals surface area contributed by atoms with E-state index in [1.807, 2.05) is 37.3 Å². The number of piperidine rings is 1. The van der Waals surface area contributed by atoms with Crippen LogP contribution >= 0.6 is 15.9 Å². The summed E-state index contributed by atoms with van der Waals surface area (Å²) in [6, 6.07) is 9.95. The molecule has 244 valence electrons. The van der Waals surface area contributed by atoms with Crippen molar-refractivity contribution in [2.45, 2.75) is 96.0 Å². The largest absolute Gasteiger partial charge is 0.444 e. The topological polar surface area (TPSA) is 58.6 Å². The van der Waals surface area contributed by atoms with E-state index in [2.05, 4.69) is 25.9 Å². The molecule has 1 aliphatic rings. The summed E-state index contributed by atoms with van der Waals surface area (Å²) in [5.74, 6) is 0.146. The Bertz CT molecular complexity index is 1410. The molecule has 2 aromatic carbocycles. The fourth-order valence-corrected chi connectivity index (χ4v) is 5.88. The predicted molar refractivity (Wildman–Crippen MR) is 161 cm³/mol. The minimum Gasteiger partial charge on any atom is -0.444 e. The van der Waals surface area contributed by atoms with Crippen LogP contribution in [-0.2, 0) is 30.1 Å². The fourth-order valence-electron chi connectivity index (χ4n) is 5.67. The Kier molecular flexibility index (Phi) is 10.4. The van der Waals surface area contributed by atoms with E-state index < -0.39 is 47.3 Å². The van der Waals surface area contributed by atoms with Gasteiger partial charge in [0.05, 0.1) is 15.6 Å². The third kappa shape index (κ3) is 9.11. The summed E-state index contributed by atoms with van der Waals surface area (Å²) in [5, 5.41) is 0. The number of benzene rings is 2. The molecule has 0 bridgehead atoms. The van der Waals surface area contributed by atoms with E-state index in [1.54, 1.807) is 30.6 Å². The number of halogens is 7. The van der Waals surface area contributed by atoms with Crippen molar-refractivity contribution < 1.29 is 35.9 Å². The van der Waals surface area contributed by atoms with Crippen LogP contribution in [-0.4, -0.2) is 44.7 Å². The molecule has 1 amide bonds. The van der Waals surface area contributed by atoms with Gasteiger partial charge in [-0.2, -0.15) is 26.3 Å². The van der Waals surface area contributed by atoms with Crippen LogP contribution in [0.4, 0.5) is 37.1 Å². The van der Waals surface area contributed by atoms with Gasteiger partial charge < -0.3 is 14.5 Å². The van der Waals surface area contributed by atoms with Gasteiger partial charge >= 0.3 is 18.4 Å². The molecule has 0 spiro atoms. The molecule has 6 nitrogen and oxygen atoms in total. The van der Waals surface area contributed by atoms with Crippen LogP contribution in [0.15, 0.2) is 65.4 Å². The van der Waals surface area contributed by atoms with Gasteiger partial charge in [-0.15, -0.1) is 0 Å². The van der Waals surface area contributed by atoms with Gasteiger partial charge in [-0.1, -0.05) is 37.3 Å². The van der Waals surface area contributed by atoms with Crippen molar-refractivity contribution in [1.82, 2.24) is 14.9 Å². The maximum Gasteiger partial charge on any atom is 0.416 e. The van der Waals surface area contributed by atoms with E-state index in [0.717, 1.165) is 17.7 Å². The molecule has 0 N–H and O–H groups in total. The molecule has 13 heteroatoms. The fraction of sp³-hybridized carbons (Fsp3) is 0.469. The lowest BCUT2D eigenvalue weighted by Crippen LogP contribution is -2.58. The number of carbonyl (C=O) groups is 1. The number of aromatic nitrogens is 2. The van der Waals surface area contributed by atoms with Crippen molar-refractivity contribution in [3.63, 3.8) is 0 Å². The first kappa shape index (κ1) is 34.5. The summed E-state index contributed by atoms with van der Waals surface area (Å²) < 4.78 is 88.7. The van der Waals surface area contributed by atoms with Crippen LogP contribution in [0.1, 0.15) is 69.2 Å². The number of amides is 1. The first-order valence-electron chi connectivity index (χ1n) is 14.5. The zero-order valence-electron chi connectivity index (χ0n) is 25.3. The Morgan fingerprint density at radius 3 is 1.98 bits per heavy atom. The van der Waals surface area contributed by atoms with Crippen LogP contribution in [0, 0.1) is 0 Å². The molecule has 0 aliphatic carbocycles. The normalized spacial score (nSPS) is 19.4. The molecule has 0 unspecified atom stereocenters. The highest BCUT2D eigenvalue weighted by Crippen LogP contribution is 2.38. The molecular weight excluding hydrogens is 666 g/mol. The van der Waals surface area contributed by atoms with Crippen molar-refractivity contribution >= 4 is 28.0 Å². The number of nitrogens with zero attached hydrogens (tertiary/aromatic N) is 4. The van der Waals surface area contributed by atoms with Crippen LogP contribution in [0.2, 0.25) is 0 Å². The van der Waals surface area contributed by atoms with Gasteiger partial charge in [0.15, 0.2) is 0 Å². The summed E-state index contributed by atoms with van der Waals surface area (Å²) in [4.78, 5) is 25.7. The van der Waals surface area contributed by atoms with Gasteiger partial charge in [0.25, 0.3) is 0 Å². The molecule has 0 radical (unpaired) electrons. The van der Waals surface area contributed by atoms with Gasteiger partial charge in [0.2, 0.25) is 5.95 Å². The van der Waals surface area contributed by atoms with Crippen molar-refractivity contribution in [3.8, 4) is 0 Å². The molecule has 3 aromatic rings. The Balaban J connectivity index is 1.79. The third-order valence-electron chi connectivity index (χ3n) is 7.57. The number of anilines is 1. The first-order valence-corrected chi connectivity index (χ1v) is 15.3. The molecule has 45 heavy (non-hydrogen) atoms. The molecular formula is C32H35BrF6N4O2. The summed E-state index contributed by atoms with van der Waals surface area (Å²) in [6.45, 7) is 6.94. The highest BCUT2D eigenvalue weighted by Gasteiger charge is 2.43. The zero-order chi connectivity index (χ0) is 33.2. The van der Waals surface area contributed by atoms with Crippen molar-refractivity contribution in [1.29, 1.82) is 0 Å². The van der Waals surface area contributed by atoms with Crippen LogP contribution < -0.4 is 4.90 Å². The van der Waals surface area contributed by atoms with E-state index in [9.17, 15) is 31.1 Å². The van der Waals surface area contributed by atoms with Crippen LogP contribution in [0.3, 0.4) is 0 Å². The molecule has 1 aromatic heterocycles. The minimum atomic E-state index is -4.98. The Hall–Kier alpha value is -3.35. The highest BCUT2D eigenvalue weighted by molar-refractivity contribution is 9.10. The number of ether oxygens (including phenoxy) is 1. The predicted octanol–water partition coefficient (Wildman–Crippen LogP) is 9.07. The van der Waals surface area contributed by atoms with Crippen molar-refractivity contribution in [3.05, 3.63) is 87.7 Å². The summed E-state index contributed by atoms with van der Waals surface area (Å²) >= 11 is 3.28. The molecule has 1 aliphatic heterocycles. The Morgan fingerprint density at radius 1 is 0.911 bits per heavy atom. The summed E-state index contributed by atoms with van der Waals surface area (Å²) in [7, 11) is 0. The van der Waals surface area contributed by atoms with E-state index in [0.29, 0.717) is 30.2 Å². The monoisotopic (exact) mass is 700 g/mol. The molecule has 1 saturated heterocycles. The van der Waals surface area contributed by atoms with Crippen molar-refractivity contribution in [2.24, 2.45) is 0 Å². The van der Waals surface area contributed by atoms with E-state index in [-0.39, 0.29) is 30.2 Å². The number of hydrogen-bond donors (Lipinski definition) is 0. The molecule has 3 atom stereocenters. The summed E-state index contributed by atoms with van der Waals surface area (Å²) in [6.07, 6.45) is -5.80. The minimum absolute atomic E-state index is 0.117. The van der Waals surface area contributed by atoms with Gasteiger partial charge in [-0.05, 0) is 91.7 Å². The van der Waals surface area contributed by atoms with E-state index >= 15 is 0 Å². The summed E-state index contributed by atoms with van der Waals surface area (Å²) in [5.41, 5.74) is -2.76. The zero-order valence-corrected chi connectivity index (χ0v) is 26.9. The first-order chi connectivity index (χ1) is 20.9. The van der Waals surface area contributed by atoms with Gasteiger partial charge in [0.1, 0.15) is 5.60 Å². The SMILES string of the molecule is CC[C@@H]1C[C@H](N(Cc2cc(C(F)(F)F)cc(C(F)(F)F)c2)c2ncc(Br)cn2)C[C@H](Cc2ccccc2)N1C(=O)OC(C)(C)C. The standard InChI is InChI=1S/C32H35BrF6N4O2/c1-5-25-15-26(16-27(13-20-9-7-6-8-10-20)43(25)29(44)45-30(2,3)4)42(28-40-17-24(33)18-41-28)19-21-11-22(31(34,35)36)14-23(12-21)32(37,38)39/h6-12,14,17-18,25-27H,5,13,15-16,19H2,1-4H3/t25-,26+,27+/m1/s1. The number of alkyl halides is 6. The third-order valence-corrected chi connectivity index (χ3v) is 7.98. The Labute approximate surface area is 266 Å². The number of carbonyl (C=O) groups excluding carboxylic acids is 1. The Morgan fingerprint density at radius 2 is 1.47 bits per heavy atom. The van der Waals surface area contributed by atoms with Gasteiger partial charge in [0, 0.05) is 37.1 Å². The molecule has 4 rings (SSSR count). The second-order valence-corrected chi connectivity index (χ2v) is 13.1. The number of likely N-dealkylation sites (tertiary alicyclic amines) is 1. The average molecular weight is 702 g/mol. The van der Waals surface area contributed by atoms with Gasteiger partial charge in [-0.25, -0.2) is 14.8 Å². The van der Waals surface area contributed by atoms with E-state index in [1.165, 1.54) is 12.4 Å². The second-order valence-electron chi connectivity index (χ2n) is 12.2. The lowest BCUT2D eigenvalue weighted by molar-refractivity contribution is -0.143. The second kappa shape index (κ2) is 13.6. The average Bonchev–Trinajstić information content (AvgIpc) is 2.94. The lowest BCUT2D eigenvalue weighted by atomic mass is 9.86. The maximum absolute atomic E-state index is 13.7. The quantitative estimate of drug-likeness (QED) is 0.230. The number of hydrogen-bond acceptors (Lipinski definition) is 5. The molecule has 2 heterocycles. The lowest BCUT2D eigenvalue weighted by Gasteiger charge is -2.48. The smallest absolute Gasteiger partial charge is 0.416 e. The van der Waals surface area contributed by atoms with Crippen LogP contribution in [0.5, 0.6) is 0 Å². The molecule has 0 saturated carbocycles. The highest BCUT2D eigenvalue weighted by atomic mass is 79.9. The number of rotatable bonds is 7. The van der Waals surface area contributed by atoms with Crippen LogP contribution in [0.25, 0.3) is 0 Å².